The molecule has 0 unspecified atom stereocenters. The number of hydrogen-bond acceptors (Lipinski definition) is 7. The van der Waals surface area contributed by atoms with Crippen LogP contribution in [-0.4, -0.2) is 27.6 Å². The lowest BCUT2D eigenvalue weighted by atomic mass is 10.2. The van der Waals surface area contributed by atoms with Gasteiger partial charge in [-0.2, -0.15) is 0 Å². The van der Waals surface area contributed by atoms with E-state index >= 15 is 0 Å². The number of nitro benzene ring substituents is 1. The van der Waals surface area contributed by atoms with Gasteiger partial charge in [0.25, 0.3) is 11.6 Å². The standard InChI is InChI=1S/C17H14N4O5/c1-11-8-13(21(23)24)4-7-15(11)19-16(22)9-25-14-5-2-12(3-6-14)17-20-18-10-26-17/h2-8,10H,9H2,1H3,(H,19,22). The third-order valence-electron chi connectivity index (χ3n) is 3.53. The number of rotatable bonds is 6. The summed E-state index contributed by atoms with van der Waals surface area (Å²) in [5.41, 5.74) is 1.80. The molecule has 1 amide bonds. The second kappa shape index (κ2) is 7.43. The molecule has 0 aliphatic carbocycles. The molecule has 3 aromatic rings. The Hall–Kier alpha value is -3.75. The molecule has 0 fully saturated rings. The summed E-state index contributed by atoms with van der Waals surface area (Å²) in [6, 6.07) is 11.1. The Balaban J connectivity index is 1.56. The van der Waals surface area contributed by atoms with Crippen molar-refractivity contribution in [3.05, 3.63) is 64.5 Å². The molecule has 0 bridgehead atoms. The van der Waals surface area contributed by atoms with E-state index in [4.69, 9.17) is 9.15 Å². The van der Waals surface area contributed by atoms with E-state index in [1.54, 1.807) is 31.2 Å². The second-order valence-corrected chi connectivity index (χ2v) is 5.36. The number of hydrogen-bond donors (Lipinski definition) is 1. The summed E-state index contributed by atoms with van der Waals surface area (Å²) in [6.07, 6.45) is 1.24. The minimum Gasteiger partial charge on any atom is -0.484 e. The van der Waals surface area contributed by atoms with Crippen molar-refractivity contribution < 1.29 is 18.9 Å². The molecular formula is C17H14N4O5. The summed E-state index contributed by atoms with van der Waals surface area (Å²) in [7, 11) is 0. The number of non-ortho nitro benzene ring substituents is 1. The first-order valence-electron chi connectivity index (χ1n) is 7.57. The van der Waals surface area contributed by atoms with Crippen LogP contribution in [0.1, 0.15) is 5.56 Å². The molecule has 0 saturated heterocycles. The number of carbonyl (C=O) groups is 1. The van der Waals surface area contributed by atoms with Gasteiger partial charge in [0.1, 0.15) is 5.75 Å². The number of benzene rings is 2. The van der Waals surface area contributed by atoms with Gasteiger partial charge in [-0.1, -0.05) is 0 Å². The van der Waals surface area contributed by atoms with Gasteiger partial charge in [0.05, 0.1) is 4.92 Å². The maximum absolute atomic E-state index is 12.0. The van der Waals surface area contributed by atoms with Crippen LogP contribution in [0.4, 0.5) is 11.4 Å². The molecule has 0 atom stereocenters. The normalized spacial score (nSPS) is 10.3. The van der Waals surface area contributed by atoms with Crippen LogP contribution in [0.15, 0.2) is 53.3 Å². The fourth-order valence-electron chi connectivity index (χ4n) is 2.23. The number of nitro groups is 1. The van der Waals surface area contributed by atoms with Crippen molar-refractivity contribution in [1.82, 2.24) is 10.2 Å². The third kappa shape index (κ3) is 4.01. The minimum atomic E-state index is -0.486. The number of carbonyl (C=O) groups excluding carboxylic acids is 1. The first kappa shape index (κ1) is 17.1. The monoisotopic (exact) mass is 354 g/mol. The maximum Gasteiger partial charge on any atom is 0.269 e. The highest BCUT2D eigenvalue weighted by Gasteiger charge is 2.11. The predicted molar refractivity (Wildman–Crippen MR) is 91.7 cm³/mol. The number of anilines is 1. The van der Waals surface area contributed by atoms with Crippen LogP contribution >= 0.6 is 0 Å². The van der Waals surface area contributed by atoms with Crippen LogP contribution in [0.3, 0.4) is 0 Å². The van der Waals surface area contributed by atoms with E-state index < -0.39 is 4.92 Å². The van der Waals surface area contributed by atoms with E-state index in [0.717, 1.165) is 5.56 Å². The van der Waals surface area contributed by atoms with E-state index in [9.17, 15) is 14.9 Å². The summed E-state index contributed by atoms with van der Waals surface area (Å²) in [6.45, 7) is 1.48. The first-order valence-corrected chi connectivity index (χ1v) is 7.57. The molecular weight excluding hydrogens is 340 g/mol. The molecule has 0 aliphatic rings. The van der Waals surface area contributed by atoms with Gasteiger partial charge in [-0.05, 0) is 42.8 Å². The fraction of sp³-hybridized carbons (Fsp3) is 0.118. The highest BCUT2D eigenvalue weighted by atomic mass is 16.6. The number of amides is 1. The summed E-state index contributed by atoms with van der Waals surface area (Å²) in [5, 5.41) is 20.8. The Morgan fingerprint density at radius 1 is 1.27 bits per heavy atom. The Labute approximate surface area is 147 Å². The zero-order valence-electron chi connectivity index (χ0n) is 13.7. The van der Waals surface area contributed by atoms with Crippen molar-refractivity contribution >= 4 is 17.3 Å². The van der Waals surface area contributed by atoms with E-state index in [0.29, 0.717) is 22.9 Å². The van der Waals surface area contributed by atoms with Crippen LogP contribution in [0.5, 0.6) is 5.75 Å². The van der Waals surface area contributed by atoms with Crippen molar-refractivity contribution in [2.45, 2.75) is 6.92 Å². The lowest BCUT2D eigenvalue weighted by Gasteiger charge is -2.09. The van der Waals surface area contributed by atoms with Gasteiger partial charge < -0.3 is 14.5 Å². The van der Waals surface area contributed by atoms with Crippen molar-refractivity contribution in [1.29, 1.82) is 0 Å². The average molecular weight is 354 g/mol. The summed E-state index contributed by atoms with van der Waals surface area (Å²) in [4.78, 5) is 22.3. The lowest BCUT2D eigenvalue weighted by molar-refractivity contribution is -0.384. The lowest BCUT2D eigenvalue weighted by Crippen LogP contribution is -2.20. The number of ether oxygens (including phenoxy) is 1. The summed E-state index contributed by atoms with van der Waals surface area (Å²) >= 11 is 0. The van der Waals surface area contributed by atoms with Gasteiger partial charge in [0.2, 0.25) is 12.3 Å². The molecule has 1 aromatic heterocycles. The molecule has 0 spiro atoms. The quantitative estimate of drug-likeness (QED) is 0.533. The van der Waals surface area contributed by atoms with Crippen LogP contribution in [0.2, 0.25) is 0 Å². The van der Waals surface area contributed by atoms with E-state index in [2.05, 4.69) is 15.5 Å². The Kier molecular flexibility index (Phi) is 4.88. The summed E-state index contributed by atoms with van der Waals surface area (Å²) < 4.78 is 10.5. The highest BCUT2D eigenvalue weighted by Crippen LogP contribution is 2.22. The smallest absolute Gasteiger partial charge is 0.269 e. The zero-order valence-corrected chi connectivity index (χ0v) is 13.7. The molecule has 0 aliphatic heterocycles. The third-order valence-corrected chi connectivity index (χ3v) is 3.53. The molecule has 1 heterocycles. The molecule has 3 rings (SSSR count). The van der Waals surface area contributed by atoms with Gasteiger partial charge >= 0.3 is 0 Å². The first-order chi connectivity index (χ1) is 12.5. The Morgan fingerprint density at radius 3 is 2.65 bits per heavy atom. The van der Waals surface area contributed by atoms with Gasteiger partial charge in [-0.15, -0.1) is 10.2 Å². The van der Waals surface area contributed by atoms with Gasteiger partial charge in [-0.3, -0.25) is 14.9 Å². The van der Waals surface area contributed by atoms with Gasteiger partial charge in [-0.25, -0.2) is 0 Å². The van der Waals surface area contributed by atoms with Crippen LogP contribution in [0, 0.1) is 17.0 Å². The van der Waals surface area contributed by atoms with Crippen molar-refractivity contribution in [2.24, 2.45) is 0 Å². The van der Waals surface area contributed by atoms with E-state index in [-0.39, 0.29) is 18.2 Å². The highest BCUT2D eigenvalue weighted by molar-refractivity contribution is 5.92. The number of nitrogens with zero attached hydrogens (tertiary/aromatic N) is 3. The zero-order chi connectivity index (χ0) is 18.5. The molecule has 2 aromatic carbocycles. The van der Waals surface area contributed by atoms with Gasteiger partial charge in [0.15, 0.2) is 6.61 Å². The minimum absolute atomic E-state index is 0.0296. The number of aromatic nitrogens is 2. The van der Waals surface area contributed by atoms with Crippen molar-refractivity contribution in [3.8, 4) is 17.2 Å². The van der Waals surface area contributed by atoms with Crippen LogP contribution in [-0.2, 0) is 4.79 Å². The Bertz CT molecular complexity index is 923. The maximum atomic E-state index is 12.0. The second-order valence-electron chi connectivity index (χ2n) is 5.36. The fourth-order valence-corrected chi connectivity index (χ4v) is 2.23. The molecule has 26 heavy (non-hydrogen) atoms. The molecule has 132 valence electrons. The average Bonchev–Trinajstić information content (AvgIpc) is 3.16. The molecule has 1 N–H and O–H groups in total. The molecule has 0 radical (unpaired) electrons. The SMILES string of the molecule is Cc1cc([N+](=O)[O-])ccc1NC(=O)COc1ccc(-c2nnco2)cc1. The number of aryl methyl sites for hydroxylation is 1. The largest absolute Gasteiger partial charge is 0.484 e. The Morgan fingerprint density at radius 2 is 2.04 bits per heavy atom. The van der Waals surface area contributed by atoms with Gasteiger partial charge in [0, 0.05) is 23.4 Å². The molecule has 9 heteroatoms. The van der Waals surface area contributed by atoms with E-state index in [1.165, 1.54) is 24.6 Å². The van der Waals surface area contributed by atoms with E-state index in [1.807, 2.05) is 0 Å². The van der Waals surface area contributed by atoms with Crippen molar-refractivity contribution in [3.63, 3.8) is 0 Å². The molecule has 0 saturated carbocycles. The summed E-state index contributed by atoms with van der Waals surface area (Å²) in [5.74, 6) is 0.523. The predicted octanol–water partition coefficient (Wildman–Crippen LogP) is 2.97. The van der Waals surface area contributed by atoms with Crippen LogP contribution in [0.25, 0.3) is 11.5 Å². The topological polar surface area (TPSA) is 120 Å². The van der Waals surface area contributed by atoms with Crippen molar-refractivity contribution in [2.75, 3.05) is 11.9 Å². The van der Waals surface area contributed by atoms with Crippen LogP contribution < -0.4 is 10.1 Å². The number of nitrogens with one attached hydrogen (secondary N) is 1. The molecule has 9 nitrogen and oxygen atoms in total.